The van der Waals surface area contributed by atoms with Gasteiger partial charge in [-0.1, -0.05) is 12.1 Å². The van der Waals surface area contributed by atoms with Crippen LogP contribution in [0.4, 0.5) is 0 Å². The Bertz CT molecular complexity index is 948. The SMILES string of the molecule is CCOc1ccc(C(=O)[C@H](C)n2nnc(-c3ccc(C(N)=O)cc3)n2)cc1. The number of primary amides is 1. The molecule has 2 aromatic carbocycles. The molecule has 0 radical (unpaired) electrons. The first-order chi connectivity index (χ1) is 13.0. The summed E-state index contributed by atoms with van der Waals surface area (Å²) in [5.74, 6) is 0.429. The second-order valence-electron chi connectivity index (χ2n) is 5.87. The van der Waals surface area contributed by atoms with Gasteiger partial charge in [-0.3, -0.25) is 9.59 Å². The van der Waals surface area contributed by atoms with Gasteiger partial charge in [-0.15, -0.1) is 10.2 Å². The van der Waals surface area contributed by atoms with Gasteiger partial charge < -0.3 is 10.5 Å². The maximum absolute atomic E-state index is 12.7. The molecule has 1 heterocycles. The fourth-order valence-corrected chi connectivity index (χ4v) is 2.52. The molecule has 8 heteroatoms. The van der Waals surface area contributed by atoms with Crippen LogP contribution in [0, 0.1) is 0 Å². The molecule has 138 valence electrons. The van der Waals surface area contributed by atoms with Gasteiger partial charge in [0.2, 0.25) is 11.7 Å². The average Bonchev–Trinajstić information content (AvgIpc) is 3.18. The lowest BCUT2D eigenvalue weighted by molar-refractivity contribution is 0.0917. The molecular weight excluding hydrogens is 346 g/mol. The van der Waals surface area contributed by atoms with Gasteiger partial charge in [0.25, 0.3) is 0 Å². The molecule has 27 heavy (non-hydrogen) atoms. The highest BCUT2D eigenvalue weighted by Gasteiger charge is 2.20. The Morgan fingerprint density at radius 1 is 1.07 bits per heavy atom. The highest BCUT2D eigenvalue weighted by molar-refractivity contribution is 5.98. The topological polar surface area (TPSA) is 113 Å². The van der Waals surface area contributed by atoms with Gasteiger partial charge in [-0.05, 0) is 55.5 Å². The fraction of sp³-hybridized carbons (Fsp3) is 0.211. The molecule has 0 spiro atoms. The zero-order valence-electron chi connectivity index (χ0n) is 15.0. The minimum atomic E-state index is -0.617. The summed E-state index contributed by atoms with van der Waals surface area (Å²) in [6.07, 6.45) is 0. The van der Waals surface area contributed by atoms with Crippen molar-refractivity contribution in [2.75, 3.05) is 6.61 Å². The molecule has 0 bridgehead atoms. The van der Waals surface area contributed by atoms with Crippen LogP contribution in [0.25, 0.3) is 11.4 Å². The Balaban J connectivity index is 1.76. The van der Waals surface area contributed by atoms with Crippen molar-refractivity contribution in [2.24, 2.45) is 5.73 Å². The maximum atomic E-state index is 12.7. The molecule has 0 saturated carbocycles. The third-order valence-corrected chi connectivity index (χ3v) is 4.03. The second kappa shape index (κ2) is 7.77. The number of rotatable bonds is 7. The summed E-state index contributed by atoms with van der Waals surface area (Å²) in [6, 6.07) is 12.9. The Labute approximate surface area is 155 Å². The van der Waals surface area contributed by atoms with Crippen LogP contribution in [-0.2, 0) is 0 Å². The predicted molar refractivity (Wildman–Crippen MR) is 98.4 cm³/mol. The van der Waals surface area contributed by atoms with Crippen molar-refractivity contribution in [1.29, 1.82) is 0 Å². The first kappa shape index (κ1) is 18.2. The van der Waals surface area contributed by atoms with E-state index in [-0.39, 0.29) is 5.78 Å². The van der Waals surface area contributed by atoms with Gasteiger partial charge in [-0.2, -0.15) is 4.80 Å². The number of aromatic nitrogens is 4. The highest BCUT2D eigenvalue weighted by Crippen LogP contribution is 2.19. The van der Waals surface area contributed by atoms with Crippen molar-refractivity contribution < 1.29 is 14.3 Å². The molecule has 0 unspecified atom stereocenters. The number of nitrogens with zero attached hydrogens (tertiary/aromatic N) is 4. The van der Waals surface area contributed by atoms with Crippen molar-refractivity contribution in [3.8, 4) is 17.1 Å². The Morgan fingerprint density at radius 2 is 1.70 bits per heavy atom. The standard InChI is InChI=1S/C19H19N5O3/c1-3-27-16-10-8-13(9-11-16)17(25)12(2)24-22-19(21-23-24)15-6-4-14(5-7-15)18(20)26/h4-12H,3H2,1-2H3,(H2,20,26)/t12-/m0/s1. The molecule has 1 amide bonds. The summed E-state index contributed by atoms with van der Waals surface area (Å²) >= 11 is 0. The molecule has 8 nitrogen and oxygen atoms in total. The fourth-order valence-electron chi connectivity index (χ4n) is 2.52. The molecule has 0 aliphatic heterocycles. The summed E-state index contributed by atoms with van der Waals surface area (Å²) in [6.45, 7) is 4.17. The van der Waals surface area contributed by atoms with Crippen LogP contribution in [0.5, 0.6) is 5.75 Å². The number of amides is 1. The average molecular weight is 365 g/mol. The zero-order valence-corrected chi connectivity index (χ0v) is 15.0. The van der Waals surface area contributed by atoms with Crippen LogP contribution in [0.1, 0.15) is 40.6 Å². The minimum absolute atomic E-state index is 0.133. The molecule has 0 saturated heterocycles. The van der Waals surface area contributed by atoms with Crippen LogP contribution in [-0.4, -0.2) is 38.5 Å². The van der Waals surface area contributed by atoms with Gasteiger partial charge in [0, 0.05) is 16.7 Å². The van der Waals surface area contributed by atoms with Crippen LogP contribution in [0.2, 0.25) is 0 Å². The number of hydrogen-bond donors (Lipinski definition) is 1. The summed E-state index contributed by atoms with van der Waals surface area (Å²) in [7, 11) is 0. The number of ketones is 1. The molecule has 1 aromatic heterocycles. The molecule has 0 aliphatic rings. The summed E-state index contributed by atoms with van der Waals surface area (Å²) < 4.78 is 5.38. The zero-order chi connectivity index (χ0) is 19.4. The Hall–Kier alpha value is -3.55. The Kier molecular flexibility index (Phi) is 5.25. The number of carbonyl (C=O) groups excluding carboxylic acids is 2. The van der Waals surface area contributed by atoms with Crippen LogP contribution < -0.4 is 10.5 Å². The molecule has 1 atom stereocenters. The molecule has 3 rings (SSSR count). The Morgan fingerprint density at radius 3 is 2.30 bits per heavy atom. The number of carbonyl (C=O) groups is 2. The number of hydrogen-bond acceptors (Lipinski definition) is 6. The van der Waals surface area contributed by atoms with E-state index in [2.05, 4.69) is 15.4 Å². The predicted octanol–water partition coefficient (Wildman–Crippen LogP) is 2.28. The van der Waals surface area contributed by atoms with E-state index in [0.29, 0.717) is 34.9 Å². The monoisotopic (exact) mass is 365 g/mol. The van der Waals surface area contributed by atoms with Gasteiger partial charge in [0.05, 0.1) is 6.61 Å². The van der Waals surface area contributed by atoms with E-state index >= 15 is 0 Å². The molecule has 0 aliphatic carbocycles. The van der Waals surface area contributed by atoms with E-state index in [1.807, 2.05) is 6.92 Å². The van der Waals surface area contributed by atoms with Crippen LogP contribution in [0.3, 0.4) is 0 Å². The minimum Gasteiger partial charge on any atom is -0.494 e. The summed E-state index contributed by atoms with van der Waals surface area (Å²) in [5.41, 5.74) is 6.83. The number of tetrazole rings is 1. The normalized spacial score (nSPS) is 11.8. The van der Waals surface area contributed by atoms with Gasteiger partial charge in [0.15, 0.2) is 5.78 Å². The number of benzene rings is 2. The van der Waals surface area contributed by atoms with E-state index in [1.54, 1.807) is 55.5 Å². The van der Waals surface area contributed by atoms with Gasteiger partial charge >= 0.3 is 0 Å². The first-order valence-electron chi connectivity index (χ1n) is 8.46. The number of Topliss-reactive ketones (excluding diaryl/α,β-unsaturated/α-hetero) is 1. The third-order valence-electron chi connectivity index (χ3n) is 4.03. The lowest BCUT2D eigenvalue weighted by Gasteiger charge is -2.09. The number of ether oxygens (including phenoxy) is 1. The first-order valence-corrected chi connectivity index (χ1v) is 8.46. The van der Waals surface area contributed by atoms with E-state index in [1.165, 1.54) is 4.80 Å². The van der Waals surface area contributed by atoms with Crippen molar-refractivity contribution >= 4 is 11.7 Å². The van der Waals surface area contributed by atoms with Crippen molar-refractivity contribution in [2.45, 2.75) is 19.9 Å². The largest absolute Gasteiger partial charge is 0.494 e. The maximum Gasteiger partial charge on any atom is 0.248 e. The molecule has 0 fully saturated rings. The molecule has 2 N–H and O–H groups in total. The second-order valence-corrected chi connectivity index (χ2v) is 5.87. The van der Waals surface area contributed by atoms with E-state index in [9.17, 15) is 9.59 Å². The van der Waals surface area contributed by atoms with Crippen LogP contribution >= 0.6 is 0 Å². The molecular formula is C19H19N5O3. The van der Waals surface area contributed by atoms with Gasteiger partial charge in [0.1, 0.15) is 11.8 Å². The highest BCUT2D eigenvalue weighted by atomic mass is 16.5. The van der Waals surface area contributed by atoms with Crippen molar-refractivity contribution in [1.82, 2.24) is 20.2 Å². The lowest BCUT2D eigenvalue weighted by Crippen LogP contribution is -2.19. The summed E-state index contributed by atoms with van der Waals surface area (Å²) in [4.78, 5) is 25.1. The van der Waals surface area contributed by atoms with E-state index < -0.39 is 11.9 Å². The van der Waals surface area contributed by atoms with Crippen molar-refractivity contribution in [3.05, 3.63) is 59.7 Å². The number of nitrogens with two attached hydrogens (primary N) is 1. The van der Waals surface area contributed by atoms with Crippen LogP contribution in [0.15, 0.2) is 48.5 Å². The van der Waals surface area contributed by atoms with E-state index in [0.717, 1.165) is 0 Å². The van der Waals surface area contributed by atoms with Crippen molar-refractivity contribution in [3.63, 3.8) is 0 Å². The van der Waals surface area contributed by atoms with E-state index in [4.69, 9.17) is 10.5 Å². The third kappa shape index (κ3) is 4.00. The molecule has 3 aromatic rings. The smallest absolute Gasteiger partial charge is 0.248 e. The quantitative estimate of drug-likeness (QED) is 0.643. The van der Waals surface area contributed by atoms with Gasteiger partial charge in [-0.25, -0.2) is 0 Å². The summed E-state index contributed by atoms with van der Waals surface area (Å²) in [5, 5.41) is 12.3. The lowest BCUT2D eigenvalue weighted by atomic mass is 10.1.